The Hall–Kier alpha value is -2.08. The fourth-order valence-electron chi connectivity index (χ4n) is 2.47. The molecule has 0 heteroatoms. The van der Waals surface area contributed by atoms with Gasteiger partial charge in [0.2, 0.25) is 0 Å². The molecule has 0 aromatic heterocycles. The lowest BCUT2D eigenvalue weighted by molar-refractivity contribution is 1.09. The zero-order valence-corrected chi connectivity index (χ0v) is 10.3. The van der Waals surface area contributed by atoms with E-state index in [1.807, 2.05) is 0 Å². The number of benzene rings is 2. The fraction of sp³-hybridized carbons (Fsp3) is 0.111. The molecule has 0 aliphatic heterocycles. The zero-order chi connectivity index (χ0) is 12.2. The Morgan fingerprint density at radius 2 is 1.44 bits per heavy atom. The lowest BCUT2D eigenvalue weighted by Gasteiger charge is -2.08. The number of hydrogen-bond acceptors (Lipinski definition) is 0. The lowest BCUT2D eigenvalue weighted by atomic mass is 9.97. The van der Waals surface area contributed by atoms with E-state index in [1.165, 1.54) is 22.3 Å². The highest BCUT2D eigenvalue weighted by Gasteiger charge is 2.11. The maximum absolute atomic E-state index is 2.26. The highest BCUT2D eigenvalue weighted by atomic mass is 14.2. The first-order valence-corrected chi connectivity index (χ1v) is 6.41. The van der Waals surface area contributed by atoms with Gasteiger partial charge in [0.05, 0.1) is 0 Å². The van der Waals surface area contributed by atoms with Crippen LogP contribution in [-0.2, 0) is 6.42 Å². The normalized spacial score (nSPS) is 14.2. The van der Waals surface area contributed by atoms with Crippen molar-refractivity contribution in [3.63, 3.8) is 0 Å². The molecule has 0 bridgehead atoms. The minimum absolute atomic E-state index is 1.05. The average molecular weight is 232 g/mol. The molecule has 0 heterocycles. The van der Waals surface area contributed by atoms with Gasteiger partial charge in [-0.15, -0.1) is 0 Å². The number of hydrogen-bond donors (Lipinski definition) is 0. The molecule has 88 valence electrons. The molecule has 0 saturated carbocycles. The van der Waals surface area contributed by atoms with Crippen LogP contribution in [0.5, 0.6) is 0 Å². The number of allylic oxidation sites excluding steroid dienone is 4. The van der Waals surface area contributed by atoms with Gasteiger partial charge in [-0.25, -0.2) is 0 Å². The second kappa shape index (κ2) is 5.05. The minimum atomic E-state index is 1.05. The molecular formula is C18H16. The quantitative estimate of drug-likeness (QED) is 0.723. The van der Waals surface area contributed by atoms with Crippen LogP contribution in [0.15, 0.2) is 78.4 Å². The molecular weight excluding hydrogens is 216 g/mol. The van der Waals surface area contributed by atoms with Gasteiger partial charge >= 0.3 is 0 Å². The second-order valence-electron chi connectivity index (χ2n) is 4.65. The van der Waals surface area contributed by atoms with Gasteiger partial charge in [0, 0.05) is 0 Å². The summed E-state index contributed by atoms with van der Waals surface area (Å²) in [6.07, 6.45) is 6.66. The van der Waals surface area contributed by atoms with Crippen molar-refractivity contribution in [1.82, 2.24) is 0 Å². The van der Waals surface area contributed by atoms with E-state index in [0.717, 1.165) is 12.8 Å². The highest BCUT2D eigenvalue weighted by Crippen LogP contribution is 2.30. The third-order valence-electron chi connectivity index (χ3n) is 3.37. The summed E-state index contributed by atoms with van der Waals surface area (Å²) in [6.45, 7) is 0. The Bertz CT molecular complexity index is 574. The van der Waals surface area contributed by atoms with Crippen LogP contribution in [-0.4, -0.2) is 0 Å². The van der Waals surface area contributed by atoms with Gasteiger partial charge in [-0.2, -0.15) is 0 Å². The van der Waals surface area contributed by atoms with Crippen LogP contribution in [0.4, 0.5) is 0 Å². The summed E-state index contributed by atoms with van der Waals surface area (Å²) in [6, 6.07) is 21.4. The lowest BCUT2D eigenvalue weighted by Crippen LogP contribution is -1.91. The van der Waals surface area contributed by atoms with Crippen LogP contribution in [0.3, 0.4) is 0 Å². The van der Waals surface area contributed by atoms with Gasteiger partial charge in [0.25, 0.3) is 0 Å². The Balaban J connectivity index is 1.91. The Morgan fingerprint density at radius 1 is 0.778 bits per heavy atom. The fourth-order valence-corrected chi connectivity index (χ4v) is 2.47. The van der Waals surface area contributed by atoms with Crippen LogP contribution < -0.4 is 0 Å². The van der Waals surface area contributed by atoms with E-state index in [2.05, 4.69) is 72.8 Å². The first-order valence-electron chi connectivity index (χ1n) is 6.41. The smallest absolute Gasteiger partial charge is 0.00548 e. The van der Waals surface area contributed by atoms with Gasteiger partial charge in [0.15, 0.2) is 0 Å². The summed E-state index contributed by atoms with van der Waals surface area (Å²) in [5.41, 5.74) is 5.65. The van der Waals surface area contributed by atoms with E-state index in [9.17, 15) is 0 Å². The van der Waals surface area contributed by atoms with Crippen molar-refractivity contribution in [3.05, 3.63) is 89.5 Å². The van der Waals surface area contributed by atoms with Crippen molar-refractivity contribution < 1.29 is 0 Å². The Kier molecular flexibility index (Phi) is 3.10. The van der Waals surface area contributed by atoms with E-state index < -0.39 is 0 Å². The predicted molar refractivity (Wildman–Crippen MR) is 77.3 cm³/mol. The van der Waals surface area contributed by atoms with E-state index in [0.29, 0.717) is 0 Å². The first kappa shape index (κ1) is 11.0. The molecule has 3 rings (SSSR count). The van der Waals surface area contributed by atoms with Crippen molar-refractivity contribution >= 4 is 5.57 Å². The van der Waals surface area contributed by atoms with Crippen LogP contribution >= 0.6 is 0 Å². The molecule has 0 nitrogen and oxygen atoms in total. The molecule has 0 N–H and O–H groups in total. The molecule has 0 amide bonds. The van der Waals surface area contributed by atoms with Crippen molar-refractivity contribution in [3.8, 4) is 0 Å². The second-order valence-corrected chi connectivity index (χ2v) is 4.65. The van der Waals surface area contributed by atoms with Gasteiger partial charge in [-0.1, -0.05) is 78.4 Å². The van der Waals surface area contributed by atoms with Crippen molar-refractivity contribution in [2.24, 2.45) is 0 Å². The molecule has 18 heavy (non-hydrogen) atoms. The highest BCUT2D eigenvalue weighted by molar-refractivity contribution is 5.79. The SMILES string of the molecule is C1=CC(c2ccccc2)=C(Cc2ccccc2)C1. The molecule has 0 unspecified atom stereocenters. The summed E-state index contributed by atoms with van der Waals surface area (Å²) in [7, 11) is 0. The minimum Gasteiger partial charge on any atom is -0.0798 e. The summed E-state index contributed by atoms with van der Waals surface area (Å²) in [5.74, 6) is 0. The Morgan fingerprint density at radius 3 is 2.17 bits per heavy atom. The van der Waals surface area contributed by atoms with E-state index in [-0.39, 0.29) is 0 Å². The third kappa shape index (κ3) is 2.28. The van der Waals surface area contributed by atoms with Crippen molar-refractivity contribution in [2.45, 2.75) is 12.8 Å². The van der Waals surface area contributed by atoms with E-state index in [4.69, 9.17) is 0 Å². The molecule has 1 aliphatic carbocycles. The largest absolute Gasteiger partial charge is 0.0798 e. The van der Waals surface area contributed by atoms with Crippen molar-refractivity contribution in [2.75, 3.05) is 0 Å². The van der Waals surface area contributed by atoms with Gasteiger partial charge in [-0.3, -0.25) is 0 Å². The molecule has 0 saturated heterocycles. The van der Waals surface area contributed by atoms with Crippen LogP contribution in [0, 0.1) is 0 Å². The maximum Gasteiger partial charge on any atom is -0.00548 e. The van der Waals surface area contributed by atoms with Gasteiger partial charge in [-0.05, 0) is 29.5 Å². The van der Waals surface area contributed by atoms with Crippen molar-refractivity contribution in [1.29, 1.82) is 0 Å². The molecule has 2 aromatic carbocycles. The zero-order valence-electron chi connectivity index (χ0n) is 10.3. The summed E-state index contributed by atoms with van der Waals surface area (Å²) in [5, 5.41) is 0. The molecule has 0 radical (unpaired) electrons. The Labute approximate surface area is 108 Å². The van der Waals surface area contributed by atoms with Crippen LogP contribution in [0.2, 0.25) is 0 Å². The average Bonchev–Trinajstić information content (AvgIpc) is 2.89. The van der Waals surface area contributed by atoms with Crippen LogP contribution in [0.25, 0.3) is 5.57 Å². The van der Waals surface area contributed by atoms with Crippen LogP contribution in [0.1, 0.15) is 17.5 Å². The summed E-state index contributed by atoms with van der Waals surface area (Å²) >= 11 is 0. The standard InChI is InChI=1S/C18H16/c1-3-8-15(9-4-1)14-17-12-7-13-18(17)16-10-5-2-6-11-16/h1-11,13H,12,14H2. The summed E-state index contributed by atoms with van der Waals surface area (Å²) in [4.78, 5) is 0. The first-order chi connectivity index (χ1) is 8.93. The molecule has 0 fully saturated rings. The monoisotopic (exact) mass is 232 g/mol. The molecule has 1 aliphatic rings. The van der Waals surface area contributed by atoms with Gasteiger partial charge in [0.1, 0.15) is 0 Å². The van der Waals surface area contributed by atoms with E-state index in [1.54, 1.807) is 0 Å². The van der Waals surface area contributed by atoms with Gasteiger partial charge < -0.3 is 0 Å². The topological polar surface area (TPSA) is 0 Å². The molecule has 0 atom stereocenters. The maximum atomic E-state index is 2.26. The predicted octanol–water partition coefficient (Wildman–Crippen LogP) is 4.64. The third-order valence-corrected chi connectivity index (χ3v) is 3.37. The molecule has 2 aromatic rings. The van der Waals surface area contributed by atoms with E-state index >= 15 is 0 Å². The molecule has 0 spiro atoms. The number of rotatable bonds is 3. The summed E-state index contributed by atoms with van der Waals surface area (Å²) < 4.78 is 0.